The SMILES string of the molecule is C=CCOc1cccc(/C=N\NC(=O)c2ccc(N(Cc3ccccc3)S(C)(=O)=O)cc2)c1. The van der Waals surface area contributed by atoms with Gasteiger partial charge in [-0.05, 0) is 47.5 Å². The monoisotopic (exact) mass is 463 g/mol. The molecule has 1 amide bonds. The van der Waals surface area contributed by atoms with E-state index in [1.54, 1.807) is 36.4 Å². The number of hydrogen-bond acceptors (Lipinski definition) is 5. The summed E-state index contributed by atoms with van der Waals surface area (Å²) in [7, 11) is -3.51. The molecule has 0 bridgehead atoms. The van der Waals surface area contributed by atoms with Crippen molar-refractivity contribution in [3.8, 4) is 5.75 Å². The van der Waals surface area contributed by atoms with Crippen LogP contribution in [0.15, 0.2) is 96.6 Å². The third kappa shape index (κ3) is 7.05. The molecule has 0 heterocycles. The van der Waals surface area contributed by atoms with Crippen LogP contribution >= 0.6 is 0 Å². The summed E-state index contributed by atoms with van der Waals surface area (Å²) in [4.78, 5) is 12.4. The first kappa shape index (κ1) is 23.7. The van der Waals surface area contributed by atoms with Gasteiger partial charge >= 0.3 is 0 Å². The number of nitrogens with zero attached hydrogens (tertiary/aromatic N) is 2. The summed E-state index contributed by atoms with van der Waals surface area (Å²) in [5, 5.41) is 3.99. The zero-order chi connectivity index (χ0) is 23.7. The standard InChI is InChI=1S/C25H25N3O4S/c1-3-16-32-24-11-7-10-21(17-24)18-26-27-25(29)22-12-14-23(15-13-22)28(33(2,30)31)19-20-8-5-4-6-9-20/h3-15,17-18H,1,16,19H2,2H3,(H,27,29)/b26-18-. The molecule has 1 N–H and O–H groups in total. The quantitative estimate of drug-likeness (QED) is 0.280. The fourth-order valence-corrected chi connectivity index (χ4v) is 3.89. The van der Waals surface area contributed by atoms with Crippen LogP contribution in [0.1, 0.15) is 21.5 Å². The minimum Gasteiger partial charge on any atom is -0.490 e. The molecule has 7 nitrogen and oxygen atoms in total. The Morgan fingerprint density at radius 2 is 1.79 bits per heavy atom. The van der Waals surface area contributed by atoms with E-state index in [-0.39, 0.29) is 6.54 Å². The van der Waals surface area contributed by atoms with E-state index in [1.165, 1.54) is 10.5 Å². The normalized spacial score (nSPS) is 11.2. The van der Waals surface area contributed by atoms with Crippen LogP contribution in [0.5, 0.6) is 5.75 Å². The second kappa shape index (κ2) is 11.1. The van der Waals surface area contributed by atoms with E-state index in [9.17, 15) is 13.2 Å². The van der Waals surface area contributed by atoms with Gasteiger partial charge in [0.1, 0.15) is 12.4 Å². The Morgan fingerprint density at radius 3 is 2.45 bits per heavy atom. The number of anilines is 1. The maximum Gasteiger partial charge on any atom is 0.271 e. The van der Waals surface area contributed by atoms with E-state index in [0.29, 0.717) is 23.6 Å². The van der Waals surface area contributed by atoms with Crippen LogP contribution in [-0.4, -0.2) is 33.4 Å². The Kier molecular flexibility index (Phi) is 7.99. The Balaban J connectivity index is 1.66. The molecule has 3 aromatic carbocycles. The van der Waals surface area contributed by atoms with Crippen molar-refractivity contribution < 1.29 is 17.9 Å². The number of hydrazone groups is 1. The number of rotatable bonds is 10. The highest BCUT2D eigenvalue weighted by Gasteiger charge is 2.18. The van der Waals surface area contributed by atoms with Crippen LogP contribution in [0, 0.1) is 0 Å². The molecular formula is C25H25N3O4S. The van der Waals surface area contributed by atoms with E-state index in [4.69, 9.17) is 4.74 Å². The lowest BCUT2D eigenvalue weighted by molar-refractivity contribution is 0.0955. The molecule has 0 atom stereocenters. The predicted molar refractivity (Wildman–Crippen MR) is 131 cm³/mol. The van der Waals surface area contributed by atoms with Crippen molar-refractivity contribution in [1.29, 1.82) is 0 Å². The molecule has 3 rings (SSSR count). The minimum absolute atomic E-state index is 0.199. The van der Waals surface area contributed by atoms with Gasteiger partial charge in [0.05, 0.1) is 24.7 Å². The van der Waals surface area contributed by atoms with Crippen LogP contribution in [-0.2, 0) is 16.6 Å². The highest BCUT2D eigenvalue weighted by Crippen LogP contribution is 2.21. The molecule has 0 fully saturated rings. The highest BCUT2D eigenvalue weighted by molar-refractivity contribution is 7.92. The summed E-state index contributed by atoms with van der Waals surface area (Å²) in [6.45, 7) is 4.21. The number of sulfonamides is 1. The summed E-state index contributed by atoms with van der Waals surface area (Å²) < 4.78 is 31.4. The van der Waals surface area contributed by atoms with Crippen LogP contribution in [0.4, 0.5) is 5.69 Å². The van der Waals surface area contributed by atoms with E-state index in [2.05, 4.69) is 17.1 Å². The molecule has 0 aromatic heterocycles. The second-order valence-electron chi connectivity index (χ2n) is 7.17. The lowest BCUT2D eigenvalue weighted by Crippen LogP contribution is -2.29. The van der Waals surface area contributed by atoms with Gasteiger partial charge in [0.2, 0.25) is 10.0 Å². The van der Waals surface area contributed by atoms with Crippen molar-refractivity contribution in [3.05, 3.63) is 108 Å². The molecule has 0 spiro atoms. The van der Waals surface area contributed by atoms with Crippen molar-refractivity contribution in [2.24, 2.45) is 5.10 Å². The summed E-state index contributed by atoms with van der Waals surface area (Å²) in [6.07, 6.45) is 4.32. The Hall–Kier alpha value is -3.91. The van der Waals surface area contributed by atoms with Gasteiger partial charge in [-0.15, -0.1) is 0 Å². The van der Waals surface area contributed by atoms with Gasteiger partial charge in [-0.25, -0.2) is 13.8 Å². The molecule has 3 aromatic rings. The molecule has 8 heteroatoms. The molecule has 0 saturated carbocycles. The molecule has 0 aliphatic rings. The maximum absolute atomic E-state index is 12.4. The van der Waals surface area contributed by atoms with Crippen LogP contribution in [0.3, 0.4) is 0 Å². The summed E-state index contributed by atoms with van der Waals surface area (Å²) in [6, 6.07) is 22.9. The van der Waals surface area contributed by atoms with E-state index < -0.39 is 15.9 Å². The average Bonchev–Trinajstić information content (AvgIpc) is 2.81. The summed E-state index contributed by atoms with van der Waals surface area (Å²) in [5.41, 5.74) is 4.91. The zero-order valence-electron chi connectivity index (χ0n) is 18.2. The summed E-state index contributed by atoms with van der Waals surface area (Å²) >= 11 is 0. The largest absolute Gasteiger partial charge is 0.490 e. The number of carbonyl (C=O) groups is 1. The van der Waals surface area contributed by atoms with Gasteiger partial charge in [-0.3, -0.25) is 9.10 Å². The first-order valence-electron chi connectivity index (χ1n) is 10.2. The van der Waals surface area contributed by atoms with E-state index in [1.807, 2.05) is 48.5 Å². The van der Waals surface area contributed by atoms with Gasteiger partial charge in [0.15, 0.2) is 0 Å². The van der Waals surface area contributed by atoms with Gasteiger partial charge in [0, 0.05) is 5.56 Å². The third-order valence-electron chi connectivity index (χ3n) is 4.59. The van der Waals surface area contributed by atoms with Gasteiger partial charge < -0.3 is 4.74 Å². The van der Waals surface area contributed by atoms with Crippen molar-refractivity contribution >= 4 is 27.8 Å². The van der Waals surface area contributed by atoms with Crippen LogP contribution < -0.4 is 14.5 Å². The number of hydrogen-bond donors (Lipinski definition) is 1. The smallest absolute Gasteiger partial charge is 0.271 e. The fourth-order valence-electron chi connectivity index (χ4n) is 3.00. The van der Waals surface area contributed by atoms with E-state index in [0.717, 1.165) is 17.4 Å². The lowest BCUT2D eigenvalue weighted by Gasteiger charge is -2.22. The Labute approximate surface area is 194 Å². The number of carbonyl (C=O) groups excluding carboxylic acids is 1. The molecule has 170 valence electrons. The van der Waals surface area contributed by atoms with Crippen molar-refractivity contribution in [2.75, 3.05) is 17.2 Å². The number of ether oxygens (including phenoxy) is 1. The molecule has 0 aliphatic heterocycles. The van der Waals surface area contributed by atoms with Gasteiger partial charge in [-0.2, -0.15) is 5.10 Å². The zero-order valence-corrected chi connectivity index (χ0v) is 19.0. The molecule has 0 aliphatic carbocycles. The molecule has 0 radical (unpaired) electrons. The lowest BCUT2D eigenvalue weighted by atomic mass is 10.2. The van der Waals surface area contributed by atoms with Gasteiger partial charge in [-0.1, -0.05) is 55.1 Å². The van der Waals surface area contributed by atoms with Crippen LogP contribution in [0.25, 0.3) is 0 Å². The fraction of sp³-hybridized carbons (Fsp3) is 0.120. The minimum atomic E-state index is -3.51. The molecule has 0 saturated heterocycles. The average molecular weight is 464 g/mol. The second-order valence-corrected chi connectivity index (χ2v) is 9.08. The molecule has 0 unspecified atom stereocenters. The number of benzene rings is 3. The van der Waals surface area contributed by atoms with Crippen LogP contribution in [0.2, 0.25) is 0 Å². The molecule has 33 heavy (non-hydrogen) atoms. The van der Waals surface area contributed by atoms with Gasteiger partial charge in [0.25, 0.3) is 5.91 Å². The predicted octanol–water partition coefficient (Wildman–Crippen LogP) is 3.98. The number of nitrogens with one attached hydrogen (secondary N) is 1. The van der Waals surface area contributed by atoms with E-state index >= 15 is 0 Å². The first-order valence-corrected chi connectivity index (χ1v) is 12.0. The maximum atomic E-state index is 12.4. The third-order valence-corrected chi connectivity index (χ3v) is 5.73. The first-order chi connectivity index (χ1) is 15.9. The Morgan fingerprint density at radius 1 is 1.06 bits per heavy atom. The Bertz CT molecular complexity index is 1220. The summed E-state index contributed by atoms with van der Waals surface area (Å²) in [5.74, 6) is 0.262. The molecular weight excluding hydrogens is 438 g/mol. The van der Waals surface area contributed by atoms with Crippen molar-refractivity contribution in [1.82, 2.24) is 5.43 Å². The highest BCUT2D eigenvalue weighted by atomic mass is 32.2. The van der Waals surface area contributed by atoms with Crippen molar-refractivity contribution in [2.45, 2.75) is 6.54 Å². The number of amides is 1. The van der Waals surface area contributed by atoms with Crippen molar-refractivity contribution in [3.63, 3.8) is 0 Å². The topological polar surface area (TPSA) is 88.1 Å².